The average Bonchev–Trinajstić information content (AvgIpc) is 2.57. The molecule has 4 heteroatoms. The summed E-state index contributed by atoms with van der Waals surface area (Å²) in [6, 6.07) is 0. The van der Waals surface area contributed by atoms with Gasteiger partial charge in [0.15, 0.2) is 0 Å². The average molecular weight is 354 g/mol. The van der Waals surface area contributed by atoms with E-state index in [9.17, 15) is 9.59 Å². The molecule has 0 saturated carbocycles. The first-order valence-electron chi connectivity index (χ1n) is 10.2. The lowest BCUT2D eigenvalue weighted by Gasteiger charge is -2.04. The highest BCUT2D eigenvalue weighted by Crippen LogP contribution is 2.13. The van der Waals surface area contributed by atoms with Crippen LogP contribution in [0.25, 0.3) is 0 Å². The Morgan fingerprint density at radius 1 is 0.840 bits per heavy atom. The van der Waals surface area contributed by atoms with Gasteiger partial charge in [-0.05, 0) is 45.4 Å². The lowest BCUT2D eigenvalue weighted by molar-refractivity contribution is -0.137. The molecule has 0 saturated heterocycles. The Morgan fingerprint density at radius 3 is 2.20 bits per heavy atom. The van der Waals surface area contributed by atoms with Gasteiger partial charge in [0.25, 0.3) is 0 Å². The molecule has 0 aliphatic rings. The number of unbranched alkanes of at least 4 members (excludes halogenated alkanes) is 8. The second-order valence-electron chi connectivity index (χ2n) is 7.01. The Kier molecular flexibility index (Phi) is 16.6. The van der Waals surface area contributed by atoms with Gasteiger partial charge < -0.3 is 10.4 Å². The Hall–Kier alpha value is -1.32. The van der Waals surface area contributed by atoms with Crippen LogP contribution in [0.2, 0.25) is 0 Å². The molecule has 0 aromatic rings. The monoisotopic (exact) mass is 353 g/mol. The van der Waals surface area contributed by atoms with Crippen LogP contribution < -0.4 is 5.32 Å². The molecule has 0 rings (SSSR count). The molecule has 2 N–H and O–H groups in total. The van der Waals surface area contributed by atoms with Crippen LogP contribution in [0, 0.1) is 0 Å². The number of nitrogens with one attached hydrogen (secondary N) is 1. The van der Waals surface area contributed by atoms with Crippen molar-refractivity contribution in [2.45, 2.75) is 104 Å². The van der Waals surface area contributed by atoms with E-state index in [1.807, 2.05) is 0 Å². The van der Waals surface area contributed by atoms with E-state index in [1.54, 1.807) is 0 Å². The number of carbonyl (C=O) groups excluding carboxylic acids is 1. The minimum absolute atomic E-state index is 0.0482. The smallest absolute Gasteiger partial charge is 0.303 e. The Bertz CT molecular complexity index is 377. The maximum Gasteiger partial charge on any atom is 0.303 e. The first-order chi connectivity index (χ1) is 12.1. The first-order valence-corrected chi connectivity index (χ1v) is 10.2. The lowest BCUT2D eigenvalue weighted by Crippen LogP contribution is -2.24. The van der Waals surface area contributed by atoms with Gasteiger partial charge in [0, 0.05) is 19.4 Å². The van der Waals surface area contributed by atoms with E-state index >= 15 is 0 Å². The lowest BCUT2D eigenvalue weighted by atomic mass is 10.0. The highest BCUT2D eigenvalue weighted by Gasteiger charge is 2.02. The molecule has 0 radical (unpaired) electrons. The van der Waals surface area contributed by atoms with Crippen LogP contribution in [0.3, 0.4) is 0 Å². The van der Waals surface area contributed by atoms with Crippen LogP contribution in [0.15, 0.2) is 11.6 Å². The van der Waals surface area contributed by atoms with Crippen LogP contribution in [0.4, 0.5) is 0 Å². The zero-order chi connectivity index (χ0) is 18.8. The van der Waals surface area contributed by atoms with Crippen LogP contribution >= 0.6 is 0 Å². The number of aliphatic carboxylic acids is 1. The molecule has 0 fully saturated rings. The van der Waals surface area contributed by atoms with E-state index < -0.39 is 5.97 Å². The van der Waals surface area contributed by atoms with Gasteiger partial charge in [-0.15, -0.1) is 0 Å². The third kappa shape index (κ3) is 18.9. The minimum atomic E-state index is -0.809. The number of allylic oxidation sites excluding steroid dienone is 2. The molecule has 146 valence electrons. The number of carboxylic acids is 1. The van der Waals surface area contributed by atoms with Crippen molar-refractivity contribution in [1.29, 1.82) is 0 Å². The van der Waals surface area contributed by atoms with Crippen molar-refractivity contribution in [2.75, 3.05) is 6.54 Å². The zero-order valence-corrected chi connectivity index (χ0v) is 16.4. The predicted molar refractivity (Wildman–Crippen MR) is 105 cm³/mol. The molecule has 25 heavy (non-hydrogen) atoms. The van der Waals surface area contributed by atoms with Crippen molar-refractivity contribution in [2.24, 2.45) is 0 Å². The Morgan fingerprint density at radius 2 is 1.48 bits per heavy atom. The SMILES string of the molecule is CCCCCC/C(C)=C\CCCCCCCC(=O)NCCCC(=O)O. The summed E-state index contributed by atoms with van der Waals surface area (Å²) >= 11 is 0. The van der Waals surface area contributed by atoms with Crippen LogP contribution in [0.1, 0.15) is 104 Å². The molecule has 0 aromatic carbocycles. The fourth-order valence-electron chi connectivity index (χ4n) is 2.80. The van der Waals surface area contributed by atoms with E-state index in [2.05, 4.69) is 25.2 Å². The summed E-state index contributed by atoms with van der Waals surface area (Å²) < 4.78 is 0. The maximum atomic E-state index is 11.6. The second-order valence-corrected chi connectivity index (χ2v) is 7.01. The van der Waals surface area contributed by atoms with Gasteiger partial charge in [-0.3, -0.25) is 9.59 Å². The number of hydrogen-bond acceptors (Lipinski definition) is 2. The van der Waals surface area contributed by atoms with Gasteiger partial charge in [-0.25, -0.2) is 0 Å². The molecule has 0 heterocycles. The molecule has 0 aliphatic heterocycles. The van der Waals surface area contributed by atoms with Gasteiger partial charge in [0.1, 0.15) is 0 Å². The summed E-state index contributed by atoms with van der Waals surface area (Å²) in [6.07, 6.45) is 17.1. The number of carbonyl (C=O) groups is 2. The summed E-state index contributed by atoms with van der Waals surface area (Å²) in [7, 11) is 0. The number of amides is 1. The third-order valence-corrected chi connectivity index (χ3v) is 4.42. The van der Waals surface area contributed by atoms with Gasteiger partial charge >= 0.3 is 5.97 Å². The summed E-state index contributed by atoms with van der Waals surface area (Å²) in [5.74, 6) is -0.761. The summed E-state index contributed by atoms with van der Waals surface area (Å²) in [6.45, 7) is 4.97. The fraction of sp³-hybridized carbons (Fsp3) is 0.810. The molecule has 0 atom stereocenters. The normalized spacial score (nSPS) is 11.5. The molecule has 1 amide bonds. The summed E-state index contributed by atoms with van der Waals surface area (Å²) in [5, 5.41) is 11.3. The van der Waals surface area contributed by atoms with Crippen LogP contribution in [-0.2, 0) is 9.59 Å². The molecule has 0 bridgehead atoms. The minimum Gasteiger partial charge on any atom is -0.481 e. The van der Waals surface area contributed by atoms with Crippen molar-refractivity contribution in [1.82, 2.24) is 5.32 Å². The second kappa shape index (κ2) is 17.5. The van der Waals surface area contributed by atoms with E-state index in [4.69, 9.17) is 5.11 Å². The molecule has 4 nitrogen and oxygen atoms in total. The van der Waals surface area contributed by atoms with E-state index in [0.29, 0.717) is 19.4 Å². The maximum absolute atomic E-state index is 11.6. The van der Waals surface area contributed by atoms with Gasteiger partial charge in [-0.2, -0.15) is 0 Å². The van der Waals surface area contributed by atoms with Crippen molar-refractivity contribution in [3.05, 3.63) is 11.6 Å². The Labute approximate surface area is 154 Å². The van der Waals surface area contributed by atoms with E-state index in [-0.39, 0.29) is 12.3 Å². The van der Waals surface area contributed by atoms with E-state index in [1.165, 1.54) is 63.4 Å². The quantitative estimate of drug-likeness (QED) is 0.264. The van der Waals surface area contributed by atoms with Gasteiger partial charge in [0.05, 0.1) is 0 Å². The van der Waals surface area contributed by atoms with Gasteiger partial charge in [0.2, 0.25) is 5.91 Å². The van der Waals surface area contributed by atoms with E-state index in [0.717, 1.165) is 12.8 Å². The highest BCUT2D eigenvalue weighted by molar-refractivity contribution is 5.75. The number of hydrogen-bond donors (Lipinski definition) is 2. The standard InChI is InChI=1S/C21H39NO3/c1-3-4-5-10-14-19(2)15-11-8-6-7-9-12-16-20(23)22-18-13-17-21(24)25/h15H,3-14,16-18H2,1-2H3,(H,22,23)(H,24,25)/b19-15-. The largest absolute Gasteiger partial charge is 0.481 e. The first kappa shape index (κ1) is 23.7. The molecule has 0 spiro atoms. The Balaban J connectivity index is 3.37. The number of carboxylic acid groups (broad SMARTS) is 1. The number of rotatable bonds is 17. The van der Waals surface area contributed by atoms with Crippen molar-refractivity contribution < 1.29 is 14.7 Å². The van der Waals surface area contributed by atoms with Gasteiger partial charge in [-0.1, -0.05) is 57.1 Å². The van der Waals surface area contributed by atoms with Crippen LogP contribution in [-0.4, -0.2) is 23.5 Å². The topological polar surface area (TPSA) is 66.4 Å². The summed E-state index contributed by atoms with van der Waals surface area (Å²) in [5.41, 5.74) is 1.54. The van der Waals surface area contributed by atoms with Crippen molar-refractivity contribution in [3.63, 3.8) is 0 Å². The molecule has 0 aliphatic carbocycles. The summed E-state index contributed by atoms with van der Waals surface area (Å²) in [4.78, 5) is 21.9. The predicted octanol–water partition coefficient (Wildman–Crippen LogP) is 5.61. The molecular weight excluding hydrogens is 314 g/mol. The zero-order valence-electron chi connectivity index (χ0n) is 16.4. The molecule has 0 aromatic heterocycles. The third-order valence-electron chi connectivity index (χ3n) is 4.42. The van der Waals surface area contributed by atoms with Crippen molar-refractivity contribution >= 4 is 11.9 Å². The van der Waals surface area contributed by atoms with Crippen molar-refractivity contribution in [3.8, 4) is 0 Å². The molecular formula is C21H39NO3. The fourth-order valence-corrected chi connectivity index (χ4v) is 2.80. The molecule has 0 unspecified atom stereocenters. The highest BCUT2D eigenvalue weighted by atomic mass is 16.4. The van der Waals surface area contributed by atoms with Crippen LogP contribution in [0.5, 0.6) is 0 Å².